The van der Waals surface area contributed by atoms with E-state index < -0.39 is 6.03 Å². The molecule has 1 aliphatic rings. The van der Waals surface area contributed by atoms with Crippen LogP contribution in [0, 0.1) is 0 Å². The van der Waals surface area contributed by atoms with Crippen molar-refractivity contribution in [2.24, 2.45) is 5.10 Å². The summed E-state index contributed by atoms with van der Waals surface area (Å²) in [4.78, 5) is 12.3. The van der Waals surface area contributed by atoms with Crippen LogP contribution >= 0.6 is 23.2 Å². The molecule has 30 heavy (non-hydrogen) atoms. The van der Waals surface area contributed by atoms with E-state index in [2.05, 4.69) is 15.8 Å². The van der Waals surface area contributed by atoms with Crippen molar-refractivity contribution >= 4 is 40.6 Å². The standard InChI is InChI=1S/C22H17Cl2N3O3/c23-16-4-1-14(2-5-16)21(15-3-10-19-20(13-15)30-12-11-29-19)26-27-22(28)25-18-8-6-17(24)7-9-18/h1-10,13H,11-12H2,(H2,25,27,28). The molecule has 1 aliphatic heterocycles. The number of nitrogens with one attached hydrogen (secondary N) is 2. The van der Waals surface area contributed by atoms with E-state index in [-0.39, 0.29) is 0 Å². The summed E-state index contributed by atoms with van der Waals surface area (Å²) in [6, 6.07) is 19.0. The van der Waals surface area contributed by atoms with Gasteiger partial charge in [0.15, 0.2) is 11.5 Å². The number of halogens is 2. The number of hydrogen-bond acceptors (Lipinski definition) is 4. The van der Waals surface area contributed by atoms with Crippen LogP contribution in [-0.2, 0) is 0 Å². The zero-order valence-corrected chi connectivity index (χ0v) is 17.2. The molecule has 2 amide bonds. The Kier molecular flexibility index (Phi) is 6.07. The molecule has 0 aliphatic carbocycles. The van der Waals surface area contributed by atoms with Crippen molar-refractivity contribution in [2.45, 2.75) is 0 Å². The monoisotopic (exact) mass is 441 g/mol. The Bertz CT molecular complexity index is 1080. The van der Waals surface area contributed by atoms with Crippen LogP contribution in [0.4, 0.5) is 10.5 Å². The third-order valence-corrected chi connectivity index (χ3v) is 4.81. The Balaban J connectivity index is 1.61. The zero-order valence-electron chi connectivity index (χ0n) is 15.7. The maximum absolute atomic E-state index is 12.3. The number of anilines is 1. The van der Waals surface area contributed by atoms with Crippen molar-refractivity contribution in [3.05, 3.63) is 87.9 Å². The van der Waals surface area contributed by atoms with E-state index in [1.807, 2.05) is 30.3 Å². The third-order valence-electron chi connectivity index (χ3n) is 4.30. The minimum absolute atomic E-state index is 0.478. The van der Waals surface area contributed by atoms with Crippen LogP contribution < -0.4 is 20.2 Å². The van der Waals surface area contributed by atoms with E-state index in [0.717, 1.165) is 11.1 Å². The Morgan fingerprint density at radius 1 is 0.800 bits per heavy atom. The lowest BCUT2D eigenvalue weighted by atomic mass is 10.0. The van der Waals surface area contributed by atoms with Gasteiger partial charge in [0, 0.05) is 26.9 Å². The Labute approximate surface area is 183 Å². The molecule has 2 N–H and O–H groups in total. The smallest absolute Gasteiger partial charge is 0.339 e. The molecule has 0 saturated carbocycles. The van der Waals surface area contributed by atoms with E-state index in [1.54, 1.807) is 36.4 Å². The van der Waals surface area contributed by atoms with Gasteiger partial charge in [-0.05, 0) is 54.6 Å². The fourth-order valence-electron chi connectivity index (χ4n) is 2.89. The summed E-state index contributed by atoms with van der Waals surface area (Å²) in [5, 5.41) is 8.24. The number of benzene rings is 3. The van der Waals surface area contributed by atoms with Crippen LogP contribution in [0.1, 0.15) is 11.1 Å². The molecule has 1 heterocycles. The molecule has 0 radical (unpaired) electrons. The number of fused-ring (bicyclic) bond motifs is 1. The second-order valence-electron chi connectivity index (χ2n) is 6.40. The van der Waals surface area contributed by atoms with Gasteiger partial charge in [-0.1, -0.05) is 35.3 Å². The number of hydrazone groups is 1. The predicted octanol–water partition coefficient (Wildman–Crippen LogP) is 5.34. The highest BCUT2D eigenvalue weighted by molar-refractivity contribution is 6.31. The molecule has 3 aromatic rings. The number of rotatable bonds is 4. The fourth-order valence-corrected chi connectivity index (χ4v) is 3.15. The first-order chi connectivity index (χ1) is 14.6. The van der Waals surface area contributed by atoms with Crippen molar-refractivity contribution in [1.82, 2.24) is 5.43 Å². The van der Waals surface area contributed by atoms with Gasteiger partial charge in [-0.3, -0.25) is 0 Å². The molecule has 0 aromatic heterocycles. The maximum Gasteiger partial charge on any atom is 0.339 e. The minimum Gasteiger partial charge on any atom is -0.486 e. The molecule has 0 saturated heterocycles. The van der Waals surface area contributed by atoms with Crippen LogP contribution in [0.5, 0.6) is 11.5 Å². The van der Waals surface area contributed by atoms with Crippen molar-refractivity contribution in [3.8, 4) is 11.5 Å². The second-order valence-corrected chi connectivity index (χ2v) is 7.27. The lowest BCUT2D eigenvalue weighted by Crippen LogP contribution is -2.26. The molecule has 0 unspecified atom stereocenters. The van der Waals surface area contributed by atoms with Crippen LogP contribution in [0.25, 0.3) is 0 Å². The lowest BCUT2D eigenvalue weighted by molar-refractivity contribution is 0.171. The first kappa shape index (κ1) is 20.1. The molecule has 0 spiro atoms. The fraction of sp³-hybridized carbons (Fsp3) is 0.0909. The van der Waals surface area contributed by atoms with Crippen molar-refractivity contribution in [1.29, 1.82) is 0 Å². The van der Waals surface area contributed by atoms with Crippen molar-refractivity contribution in [2.75, 3.05) is 18.5 Å². The summed E-state index contributed by atoms with van der Waals surface area (Å²) in [5.74, 6) is 1.31. The lowest BCUT2D eigenvalue weighted by Gasteiger charge is -2.19. The van der Waals surface area contributed by atoms with Crippen LogP contribution in [0.15, 0.2) is 71.8 Å². The highest BCUT2D eigenvalue weighted by atomic mass is 35.5. The maximum atomic E-state index is 12.3. The van der Waals surface area contributed by atoms with Crippen LogP contribution in [-0.4, -0.2) is 25.0 Å². The van der Waals surface area contributed by atoms with Crippen LogP contribution in [0.2, 0.25) is 10.0 Å². The van der Waals surface area contributed by atoms with Crippen molar-refractivity contribution < 1.29 is 14.3 Å². The van der Waals surface area contributed by atoms with Gasteiger partial charge in [-0.25, -0.2) is 10.2 Å². The molecule has 3 aromatic carbocycles. The second kappa shape index (κ2) is 9.07. The SMILES string of the molecule is O=C(NN=C(c1ccc(Cl)cc1)c1ccc2c(c1)OCCO2)Nc1ccc(Cl)cc1. The molecule has 0 fully saturated rings. The molecule has 4 rings (SSSR count). The van der Waals surface area contributed by atoms with Gasteiger partial charge in [0.1, 0.15) is 13.2 Å². The first-order valence-corrected chi connectivity index (χ1v) is 9.90. The normalized spacial score (nSPS) is 12.9. The molecular weight excluding hydrogens is 425 g/mol. The van der Waals surface area contributed by atoms with Gasteiger partial charge in [0.2, 0.25) is 0 Å². The number of hydrogen-bond donors (Lipinski definition) is 2. The summed E-state index contributed by atoms with van der Waals surface area (Å²) >= 11 is 11.9. The number of amides is 2. The summed E-state index contributed by atoms with van der Waals surface area (Å²) in [6.45, 7) is 0.989. The molecule has 0 atom stereocenters. The summed E-state index contributed by atoms with van der Waals surface area (Å²) < 4.78 is 11.3. The molecule has 152 valence electrons. The van der Waals surface area contributed by atoms with Crippen molar-refractivity contribution in [3.63, 3.8) is 0 Å². The quantitative estimate of drug-likeness (QED) is 0.423. The van der Waals surface area contributed by atoms with E-state index >= 15 is 0 Å². The molecule has 6 nitrogen and oxygen atoms in total. The van der Waals surface area contributed by atoms with E-state index in [1.165, 1.54) is 0 Å². The van der Waals surface area contributed by atoms with Gasteiger partial charge in [-0.15, -0.1) is 0 Å². The third kappa shape index (κ3) is 4.84. The van der Waals surface area contributed by atoms with E-state index in [9.17, 15) is 4.79 Å². The van der Waals surface area contributed by atoms with Gasteiger partial charge in [-0.2, -0.15) is 5.10 Å². The number of nitrogens with zero attached hydrogens (tertiary/aromatic N) is 1. The highest BCUT2D eigenvalue weighted by Gasteiger charge is 2.16. The topological polar surface area (TPSA) is 72.0 Å². The number of ether oxygens (including phenoxy) is 2. The summed E-state index contributed by atoms with van der Waals surface area (Å²) in [6.07, 6.45) is 0. The Hall–Kier alpha value is -3.22. The highest BCUT2D eigenvalue weighted by Crippen LogP contribution is 2.31. The zero-order chi connectivity index (χ0) is 20.9. The van der Waals surface area contributed by atoms with E-state index in [4.69, 9.17) is 32.7 Å². The van der Waals surface area contributed by atoms with Gasteiger partial charge >= 0.3 is 6.03 Å². The van der Waals surface area contributed by atoms with Gasteiger partial charge < -0.3 is 14.8 Å². The minimum atomic E-state index is -0.485. The van der Waals surface area contributed by atoms with Gasteiger partial charge in [0.25, 0.3) is 0 Å². The summed E-state index contributed by atoms with van der Waals surface area (Å²) in [7, 11) is 0. The predicted molar refractivity (Wildman–Crippen MR) is 118 cm³/mol. The average molecular weight is 442 g/mol. The Morgan fingerprint density at radius 2 is 1.40 bits per heavy atom. The summed E-state index contributed by atoms with van der Waals surface area (Å²) in [5.41, 5.74) is 5.22. The van der Waals surface area contributed by atoms with Gasteiger partial charge in [0.05, 0.1) is 5.71 Å². The molecular formula is C22H17Cl2N3O3. The number of carbonyl (C=O) groups excluding carboxylic acids is 1. The van der Waals surface area contributed by atoms with E-state index in [0.29, 0.717) is 46.2 Å². The number of urea groups is 1. The average Bonchev–Trinajstić information content (AvgIpc) is 2.76. The first-order valence-electron chi connectivity index (χ1n) is 9.15. The Morgan fingerprint density at radius 3 is 2.10 bits per heavy atom. The molecule has 0 bridgehead atoms. The largest absolute Gasteiger partial charge is 0.486 e. The molecule has 8 heteroatoms. The number of carbonyl (C=O) groups is 1. The van der Waals surface area contributed by atoms with Crippen LogP contribution in [0.3, 0.4) is 0 Å².